The highest BCUT2D eigenvalue weighted by Crippen LogP contribution is 2.43. The number of esters is 2. The predicted molar refractivity (Wildman–Crippen MR) is 242 cm³/mol. The standard InChI is InChI=1S/C48H80NO9P/c1-6-8-10-11-12-13-14-15-16-17-18-19-20-24-27-30-34-38-47(50)54-42-44(43-56-59(52,53)55-41-40-49(3,4)5)57-48(51)39-35-31-28-25-22-21-23-26-29-33-37-46-45(58-46)36-32-9-7-2/h8,10,12-13,15-16,18-19,21,23,25,28-29,33,44-46H,6-7,9,11,14,17,20,22,24,26-27,30-32,34-43H2,1-5H3/p+1/b10-8-,13-12-,16-15-,19-18-,23-21-,28-25-,33-29-/t44-,45?,46?/m1/s1. The number of ether oxygens (including phenoxy) is 3. The lowest BCUT2D eigenvalue weighted by Gasteiger charge is -2.24. The number of allylic oxidation sites excluding steroid dienone is 13. The molecule has 1 N–H and O–H groups in total. The SMILES string of the molecule is CC/C=C\C/C=C\C/C=C\C/C=C\CCCCCCC(=O)OC[C@H](COP(=O)(O)OCC[N+](C)(C)C)OC(=O)CCC/C=C\C/C=C\C/C=C\CC1OC1CCCCC. The number of phosphoric acid groups is 1. The Kier molecular flexibility index (Phi) is 32.9. The van der Waals surface area contributed by atoms with Gasteiger partial charge in [0.1, 0.15) is 19.8 Å². The molecule has 59 heavy (non-hydrogen) atoms. The Balaban J connectivity index is 2.34. The number of unbranched alkanes of at least 4 members (excludes halogenated alkanes) is 7. The predicted octanol–water partition coefficient (Wildman–Crippen LogP) is 11.8. The van der Waals surface area contributed by atoms with Crippen molar-refractivity contribution in [3.63, 3.8) is 0 Å². The molecular formula is C48H81NO9P+. The first-order valence-corrected chi connectivity index (χ1v) is 23.9. The van der Waals surface area contributed by atoms with Crippen LogP contribution in [0.25, 0.3) is 0 Å². The molecule has 0 amide bonds. The van der Waals surface area contributed by atoms with Crippen molar-refractivity contribution < 1.29 is 46.8 Å². The maximum absolute atomic E-state index is 12.7. The van der Waals surface area contributed by atoms with Crippen LogP contribution in [0.3, 0.4) is 0 Å². The van der Waals surface area contributed by atoms with E-state index in [2.05, 4.69) is 92.8 Å². The molecule has 1 aliphatic heterocycles. The molecule has 3 unspecified atom stereocenters. The fraction of sp³-hybridized carbons (Fsp3) is 0.667. The summed E-state index contributed by atoms with van der Waals surface area (Å²) in [5.74, 6) is -0.906. The van der Waals surface area contributed by atoms with E-state index in [1.54, 1.807) is 0 Å². The molecule has 0 aromatic carbocycles. The van der Waals surface area contributed by atoms with Gasteiger partial charge in [-0.25, -0.2) is 4.57 Å². The van der Waals surface area contributed by atoms with Crippen molar-refractivity contribution in [2.24, 2.45) is 0 Å². The molecule has 0 spiro atoms. The molecule has 10 nitrogen and oxygen atoms in total. The molecule has 336 valence electrons. The Hall–Kier alpha value is -2.85. The van der Waals surface area contributed by atoms with Crippen molar-refractivity contribution in [2.45, 2.75) is 161 Å². The van der Waals surface area contributed by atoms with Crippen LogP contribution in [0.15, 0.2) is 85.1 Å². The van der Waals surface area contributed by atoms with E-state index in [1.807, 2.05) is 27.2 Å². The van der Waals surface area contributed by atoms with Crippen molar-refractivity contribution in [1.82, 2.24) is 0 Å². The Labute approximate surface area is 358 Å². The Morgan fingerprint density at radius 3 is 1.81 bits per heavy atom. The minimum atomic E-state index is -4.41. The second-order valence-electron chi connectivity index (χ2n) is 16.1. The number of epoxide rings is 1. The van der Waals surface area contributed by atoms with Gasteiger partial charge < -0.3 is 23.6 Å². The molecule has 1 rings (SSSR count). The zero-order chi connectivity index (χ0) is 43.3. The van der Waals surface area contributed by atoms with Gasteiger partial charge in [0.05, 0.1) is 40.0 Å². The third-order valence-electron chi connectivity index (χ3n) is 9.33. The van der Waals surface area contributed by atoms with Crippen molar-refractivity contribution >= 4 is 19.8 Å². The maximum Gasteiger partial charge on any atom is 0.472 e. The number of nitrogens with zero attached hydrogens (tertiary/aromatic N) is 1. The number of carbonyl (C=O) groups is 2. The zero-order valence-corrected chi connectivity index (χ0v) is 38.3. The summed E-state index contributed by atoms with van der Waals surface area (Å²) in [6, 6.07) is 0. The maximum atomic E-state index is 12.7. The van der Waals surface area contributed by atoms with Gasteiger partial charge in [-0.05, 0) is 83.5 Å². The fourth-order valence-corrected chi connectivity index (χ4v) is 6.48. The van der Waals surface area contributed by atoms with Crippen molar-refractivity contribution in [3.05, 3.63) is 85.1 Å². The Morgan fingerprint density at radius 1 is 0.644 bits per heavy atom. The van der Waals surface area contributed by atoms with E-state index in [9.17, 15) is 19.0 Å². The molecule has 0 aromatic rings. The van der Waals surface area contributed by atoms with Crippen molar-refractivity contribution in [3.8, 4) is 0 Å². The number of carbonyl (C=O) groups excluding carboxylic acids is 2. The topological polar surface area (TPSA) is 121 Å². The minimum absolute atomic E-state index is 0.0103. The number of phosphoric ester groups is 1. The highest BCUT2D eigenvalue weighted by Gasteiger charge is 2.36. The summed E-state index contributed by atoms with van der Waals surface area (Å²) >= 11 is 0. The third kappa shape index (κ3) is 36.7. The molecule has 0 radical (unpaired) electrons. The smallest absolute Gasteiger partial charge is 0.462 e. The Morgan fingerprint density at radius 2 is 1.20 bits per heavy atom. The van der Waals surface area contributed by atoms with Gasteiger partial charge in [0.25, 0.3) is 0 Å². The van der Waals surface area contributed by atoms with Gasteiger partial charge in [0, 0.05) is 12.8 Å². The molecule has 4 atom stereocenters. The second-order valence-corrected chi connectivity index (χ2v) is 17.5. The molecule has 1 aliphatic rings. The molecule has 0 aromatic heterocycles. The van der Waals surface area contributed by atoms with Crippen LogP contribution in [0.1, 0.15) is 142 Å². The van der Waals surface area contributed by atoms with Gasteiger partial charge in [-0.1, -0.05) is 131 Å². The van der Waals surface area contributed by atoms with Crippen LogP contribution in [0.4, 0.5) is 0 Å². The third-order valence-corrected chi connectivity index (χ3v) is 10.3. The van der Waals surface area contributed by atoms with Crippen LogP contribution in [-0.4, -0.2) is 87.1 Å². The summed E-state index contributed by atoms with van der Waals surface area (Å²) in [5.41, 5.74) is 0. The van der Waals surface area contributed by atoms with Crippen LogP contribution < -0.4 is 0 Å². The summed E-state index contributed by atoms with van der Waals surface area (Å²) in [7, 11) is 1.40. The molecule has 0 saturated carbocycles. The molecule has 1 saturated heterocycles. The highest BCUT2D eigenvalue weighted by atomic mass is 31.2. The van der Waals surface area contributed by atoms with E-state index in [0.717, 1.165) is 70.6 Å². The first-order valence-electron chi connectivity index (χ1n) is 22.4. The normalized spacial score (nSPS) is 17.8. The van der Waals surface area contributed by atoms with Crippen LogP contribution in [0, 0.1) is 0 Å². The number of hydrogen-bond donors (Lipinski definition) is 1. The lowest BCUT2D eigenvalue weighted by molar-refractivity contribution is -0.870. The van der Waals surface area contributed by atoms with Gasteiger partial charge in [0.2, 0.25) is 0 Å². The lowest BCUT2D eigenvalue weighted by atomic mass is 10.1. The minimum Gasteiger partial charge on any atom is -0.462 e. The second kappa shape index (κ2) is 35.9. The van der Waals surface area contributed by atoms with Gasteiger partial charge in [-0.3, -0.25) is 18.6 Å². The largest absolute Gasteiger partial charge is 0.472 e. The summed E-state index contributed by atoms with van der Waals surface area (Å²) in [5, 5.41) is 0. The van der Waals surface area contributed by atoms with E-state index < -0.39 is 32.5 Å². The lowest BCUT2D eigenvalue weighted by Crippen LogP contribution is -2.37. The zero-order valence-electron chi connectivity index (χ0n) is 37.4. The van der Waals surface area contributed by atoms with Gasteiger partial charge in [0.15, 0.2) is 6.10 Å². The first-order chi connectivity index (χ1) is 28.5. The van der Waals surface area contributed by atoms with Crippen LogP contribution in [0.5, 0.6) is 0 Å². The number of likely N-dealkylation sites (N-methyl/N-ethyl adjacent to an activating group) is 1. The number of rotatable bonds is 38. The monoisotopic (exact) mass is 847 g/mol. The van der Waals surface area contributed by atoms with E-state index >= 15 is 0 Å². The summed E-state index contributed by atoms with van der Waals surface area (Å²) in [4.78, 5) is 35.4. The number of quaternary nitrogens is 1. The van der Waals surface area contributed by atoms with E-state index in [-0.39, 0.29) is 26.1 Å². The van der Waals surface area contributed by atoms with Crippen LogP contribution in [-0.2, 0) is 37.4 Å². The van der Waals surface area contributed by atoms with Crippen molar-refractivity contribution in [1.29, 1.82) is 0 Å². The van der Waals surface area contributed by atoms with Crippen LogP contribution >= 0.6 is 7.82 Å². The van der Waals surface area contributed by atoms with Gasteiger partial charge in [-0.15, -0.1) is 0 Å². The molecule has 11 heteroatoms. The van der Waals surface area contributed by atoms with Gasteiger partial charge >= 0.3 is 19.8 Å². The molecular weight excluding hydrogens is 765 g/mol. The average Bonchev–Trinajstić information content (AvgIpc) is 3.94. The van der Waals surface area contributed by atoms with Gasteiger partial charge in [-0.2, -0.15) is 0 Å². The average molecular weight is 847 g/mol. The summed E-state index contributed by atoms with van der Waals surface area (Å²) in [6.07, 6.45) is 48.1. The molecule has 0 aliphatic carbocycles. The van der Waals surface area contributed by atoms with Crippen molar-refractivity contribution in [2.75, 3.05) is 47.5 Å². The quantitative estimate of drug-likeness (QED) is 0.0162. The highest BCUT2D eigenvalue weighted by molar-refractivity contribution is 7.47. The Bertz CT molecular complexity index is 1340. The van der Waals surface area contributed by atoms with Crippen LogP contribution in [0.2, 0.25) is 0 Å². The van der Waals surface area contributed by atoms with E-state index in [0.29, 0.717) is 42.5 Å². The summed E-state index contributed by atoms with van der Waals surface area (Å²) in [6.45, 7) is 4.15. The van der Waals surface area contributed by atoms with E-state index in [4.69, 9.17) is 23.3 Å². The van der Waals surface area contributed by atoms with E-state index in [1.165, 1.54) is 25.7 Å². The first kappa shape index (κ1) is 54.2. The fourth-order valence-electron chi connectivity index (χ4n) is 5.74. The molecule has 0 bridgehead atoms. The molecule has 1 heterocycles. The number of hydrogen-bond acceptors (Lipinski definition) is 8. The summed E-state index contributed by atoms with van der Waals surface area (Å²) < 4.78 is 40.0. The molecule has 1 fully saturated rings.